The molecule has 102 valence electrons. The minimum Gasteiger partial charge on any atom is -0.380 e. The summed E-state index contributed by atoms with van der Waals surface area (Å²) < 4.78 is 0. The summed E-state index contributed by atoms with van der Waals surface area (Å²) in [5, 5.41) is 4.34. The van der Waals surface area contributed by atoms with E-state index in [1.165, 1.54) is 0 Å². The molecule has 0 bridgehead atoms. The Bertz CT molecular complexity index is 465. The third kappa shape index (κ3) is 3.76. The summed E-state index contributed by atoms with van der Waals surface area (Å²) >= 11 is 12.0. The number of nitrogens with zero attached hydrogens (tertiary/aromatic N) is 2. The lowest BCUT2D eigenvalue weighted by atomic mass is 10.0. The number of aryl methyl sites for hydroxylation is 1. The summed E-state index contributed by atoms with van der Waals surface area (Å²) in [6.45, 7) is 4.74. The van der Waals surface area contributed by atoms with Crippen LogP contribution in [0, 0.1) is 19.3 Å². The molecule has 3 nitrogen and oxygen atoms in total. The largest absolute Gasteiger partial charge is 0.380 e. The number of anilines is 1. The molecule has 2 heterocycles. The molecule has 0 unspecified atom stereocenters. The highest BCUT2D eigenvalue weighted by molar-refractivity contribution is 6.34. The first kappa shape index (κ1) is 14.5. The summed E-state index contributed by atoms with van der Waals surface area (Å²) in [5.74, 6) is 2.69. The third-order valence-corrected chi connectivity index (χ3v) is 3.86. The Morgan fingerprint density at radius 2 is 2.16 bits per heavy atom. The minimum absolute atomic E-state index is 0.410. The van der Waals surface area contributed by atoms with Crippen molar-refractivity contribution in [3.8, 4) is 12.3 Å². The molecule has 0 saturated carbocycles. The molecular formula is C14H17Cl2N3. The molecule has 5 heteroatoms. The summed E-state index contributed by atoms with van der Waals surface area (Å²) in [7, 11) is 0. The fourth-order valence-electron chi connectivity index (χ4n) is 2.34. The molecule has 1 aliphatic rings. The van der Waals surface area contributed by atoms with Gasteiger partial charge in [-0.15, -0.1) is 6.42 Å². The van der Waals surface area contributed by atoms with Crippen LogP contribution in [0.1, 0.15) is 18.4 Å². The van der Waals surface area contributed by atoms with Gasteiger partial charge in [-0.1, -0.05) is 29.1 Å². The van der Waals surface area contributed by atoms with Gasteiger partial charge in [-0.25, -0.2) is 4.98 Å². The topological polar surface area (TPSA) is 28.2 Å². The summed E-state index contributed by atoms with van der Waals surface area (Å²) in [4.78, 5) is 6.36. The van der Waals surface area contributed by atoms with E-state index in [9.17, 15) is 0 Å². The molecule has 0 radical (unpaired) electrons. The molecule has 0 atom stereocenters. The predicted molar refractivity (Wildman–Crippen MR) is 80.9 cm³/mol. The quantitative estimate of drug-likeness (QED) is 0.686. The minimum atomic E-state index is 0.410. The molecule has 2 rings (SSSR count). The van der Waals surface area contributed by atoms with Crippen molar-refractivity contribution in [2.24, 2.45) is 0 Å². The first-order valence-electron chi connectivity index (χ1n) is 6.35. The van der Waals surface area contributed by atoms with Gasteiger partial charge in [0.25, 0.3) is 0 Å². The Hall–Kier alpha value is -0.950. The highest BCUT2D eigenvalue weighted by Gasteiger charge is 2.20. The lowest BCUT2D eigenvalue weighted by molar-refractivity contribution is 0.243. The van der Waals surface area contributed by atoms with Gasteiger partial charge in [0, 0.05) is 19.1 Å². The number of halogens is 2. The summed E-state index contributed by atoms with van der Waals surface area (Å²) in [5.41, 5.74) is 1.91. The van der Waals surface area contributed by atoms with Crippen molar-refractivity contribution in [1.29, 1.82) is 0 Å². The number of piperidine rings is 1. The summed E-state index contributed by atoms with van der Waals surface area (Å²) in [6.07, 6.45) is 7.44. The number of likely N-dealkylation sites (tertiary alicyclic amines) is 1. The van der Waals surface area contributed by atoms with Crippen LogP contribution in [0.2, 0.25) is 10.3 Å². The maximum absolute atomic E-state index is 6.14. The van der Waals surface area contributed by atoms with Crippen LogP contribution in [0.15, 0.2) is 6.07 Å². The Kier molecular flexibility index (Phi) is 4.93. The lowest BCUT2D eigenvalue weighted by Gasteiger charge is -2.32. The average Bonchev–Trinajstić information content (AvgIpc) is 2.36. The number of pyridine rings is 1. The van der Waals surface area contributed by atoms with Crippen LogP contribution in [0.5, 0.6) is 0 Å². The molecule has 0 aromatic carbocycles. The van der Waals surface area contributed by atoms with Crippen molar-refractivity contribution in [3.63, 3.8) is 0 Å². The first-order valence-corrected chi connectivity index (χ1v) is 7.10. The number of nitrogens with one attached hydrogen (secondary N) is 1. The number of hydrogen-bond donors (Lipinski definition) is 1. The highest BCUT2D eigenvalue weighted by atomic mass is 35.5. The van der Waals surface area contributed by atoms with E-state index in [-0.39, 0.29) is 0 Å². The Labute approximate surface area is 124 Å². The molecule has 1 aliphatic heterocycles. The third-order valence-electron chi connectivity index (χ3n) is 3.39. The Balaban J connectivity index is 1.98. The molecule has 1 aromatic heterocycles. The van der Waals surface area contributed by atoms with Crippen LogP contribution in [0.25, 0.3) is 0 Å². The number of terminal acetylenes is 1. The van der Waals surface area contributed by atoms with Gasteiger partial charge in [-0.2, -0.15) is 0 Å². The van der Waals surface area contributed by atoms with Gasteiger partial charge in [-0.3, -0.25) is 4.90 Å². The van der Waals surface area contributed by atoms with Crippen molar-refractivity contribution in [2.45, 2.75) is 25.8 Å². The zero-order valence-corrected chi connectivity index (χ0v) is 12.4. The SMILES string of the molecule is C#CCN1CCC(Nc2c(C)cc(Cl)nc2Cl)CC1. The molecule has 0 amide bonds. The van der Waals surface area contributed by atoms with Gasteiger partial charge in [0.2, 0.25) is 0 Å². The van der Waals surface area contributed by atoms with E-state index >= 15 is 0 Å². The normalized spacial score (nSPS) is 17.2. The smallest absolute Gasteiger partial charge is 0.154 e. The van der Waals surface area contributed by atoms with E-state index in [0.29, 0.717) is 16.3 Å². The van der Waals surface area contributed by atoms with Gasteiger partial charge < -0.3 is 5.32 Å². The van der Waals surface area contributed by atoms with E-state index in [1.54, 1.807) is 0 Å². The van der Waals surface area contributed by atoms with Crippen molar-refractivity contribution in [2.75, 3.05) is 25.0 Å². The van der Waals surface area contributed by atoms with Gasteiger partial charge in [0.05, 0.1) is 12.2 Å². The van der Waals surface area contributed by atoms with Crippen molar-refractivity contribution in [1.82, 2.24) is 9.88 Å². The fraction of sp³-hybridized carbons (Fsp3) is 0.500. The van der Waals surface area contributed by atoms with E-state index in [4.69, 9.17) is 29.6 Å². The van der Waals surface area contributed by atoms with Crippen molar-refractivity contribution in [3.05, 3.63) is 21.9 Å². The molecule has 1 fully saturated rings. The predicted octanol–water partition coefficient (Wildman–Crippen LogP) is 3.21. The molecule has 1 N–H and O–H groups in total. The van der Waals surface area contributed by atoms with E-state index in [1.807, 2.05) is 13.0 Å². The molecular weight excluding hydrogens is 281 g/mol. The van der Waals surface area contributed by atoms with Crippen LogP contribution >= 0.6 is 23.2 Å². The van der Waals surface area contributed by atoms with Gasteiger partial charge in [-0.05, 0) is 31.4 Å². The van der Waals surface area contributed by atoms with Gasteiger partial charge in [0.1, 0.15) is 5.15 Å². The van der Waals surface area contributed by atoms with E-state index in [0.717, 1.165) is 43.7 Å². The first-order chi connectivity index (χ1) is 9.10. The van der Waals surface area contributed by atoms with E-state index in [2.05, 4.69) is 21.1 Å². The average molecular weight is 298 g/mol. The molecule has 0 spiro atoms. The number of aromatic nitrogens is 1. The Morgan fingerprint density at radius 3 is 2.74 bits per heavy atom. The summed E-state index contributed by atoms with van der Waals surface area (Å²) in [6, 6.07) is 2.23. The molecule has 1 aromatic rings. The van der Waals surface area contributed by atoms with Crippen LogP contribution in [-0.4, -0.2) is 35.6 Å². The maximum atomic E-state index is 6.14. The van der Waals surface area contributed by atoms with Gasteiger partial charge >= 0.3 is 0 Å². The van der Waals surface area contributed by atoms with Crippen molar-refractivity contribution < 1.29 is 0 Å². The standard InChI is InChI=1S/C14H17Cl2N3/c1-3-6-19-7-4-11(5-8-19)17-13-10(2)9-12(15)18-14(13)16/h1,9,11,17H,4-8H2,2H3. The second-order valence-corrected chi connectivity index (χ2v) is 5.57. The molecule has 1 saturated heterocycles. The fourth-order valence-corrected chi connectivity index (χ4v) is 2.92. The van der Waals surface area contributed by atoms with Crippen LogP contribution < -0.4 is 5.32 Å². The number of rotatable bonds is 3. The Morgan fingerprint density at radius 1 is 1.47 bits per heavy atom. The monoisotopic (exact) mass is 297 g/mol. The maximum Gasteiger partial charge on any atom is 0.154 e. The lowest BCUT2D eigenvalue weighted by Crippen LogP contribution is -2.39. The van der Waals surface area contributed by atoms with E-state index < -0.39 is 0 Å². The van der Waals surface area contributed by atoms with Crippen molar-refractivity contribution >= 4 is 28.9 Å². The number of hydrogen-bond acceptors (Lipinski definition) is 3. The van der Waals surface area contributed by atoms with Crippen LogP contribution in [0.3, 0.4) is 0 Å². The van der Waals surface area contributed by atoms with Gasteiger partial charge in [0.15, 0.2) is 5.15 Å². The van der Waals surface area contributed by atoms with Crippen LogP contribution in [-0.2, 0) is 0 Å². The molecule has 19 heavy (non-hydrogen) atoms. The highest BCUT2D eigenvalue weighted by Crippen LogP contribution is 2.28. The van der Waals surface area contributed by atoms with Crippen LogP contribution in [0.4, 0.5) is 5.69 Å². The zero-order valence-electron chi connectivity index (χ0n) is 10.9. The molecule has 0 aliphatic carbocycles. The second kappa shape index (κ2) is 6.47. The zero-order chi connectivity index (χ0) is 13.8. The second-order valence-electron chi connectivity index (χ2n) is 4.83.